The Labute approximate surface area is 136 Å². The maximum Gasteiger partial charge on any atom is 0.301 e. The van der Waals surface area contributed by atoms with Crippen LogP contribution in [0, 0.1) is 6.92 Å². The number of halogens is 1. The van der Waals surface area contributed by atoms with Gasteiger partial charge in [-0.1, -0.05) is 29.3 Å². The van der Waals surface area contributed by atoms with Gasteiger partial charge in [0.1, 0.15) is 5.58 Å². The minimum absolute atomic E-state index is 0.264. The second-order valence-corrected chi connectivity index (χ2v) is 6.08. The van der Waals surface area contributed by atoms with Crippen molar-refractivity contribution in [1.82, 2.24) is 10.3 Å². The van der Waals surface area contributed by atoms with Crippen molar-refractivity contribution in [2.24, 2.45) is 0 Å². The van der Waals surface area contributed by atoms with Crippen molar-refractivity contribution in [3.05, 3.63) is 64.9 Å². The third kappa shape index (κ3) is 3.44. The highest BCUT2D eigenvalue weighted by Gasteiger charge is 2.12. The lowest BCUT2D eigenvalue weighted by Gasteiger charge is -2.04. The van der Waals surface area contributed by atoms with E-state index in [9.17, 15) is 4.79 Å². The van der Waals surface area contributed by atoms with Gasteiger partial charge in [-0.2, -0.15) is 4.83 Å². The molecule has 2 N–H and O–H groups in total. The molecule has 4 nitrogen and oxygen atoms in total. The summed E-state index contributed by atoms with van der Waals surface area (Å²) in [5.41, 5.74) is 4.39. The Morgan fingerprint density at radius 2 is 2.05 bits per heavy atom. The van der Waals surface area contributed by atoms with Crippen LogP contribution in [0.1, 0.15) is 16.1 Å². The molecule has 0 unspecified atom stereocenters. The van der Waals surface area contributed by atoms with E-state index in [0.717, 1.165) is 15.8 Å². The molecule has 2 aromatic carbocycles. The monoisotopic (exact) mass is 332 g/mol. The van der Waals surface area contributed by atoms with Crippen LogP contribution < -0.4 is 10.3 Å². The molecule has 0 atom stereocenters. The summed E-state index contributed by atoms with van der Waals surface area (Å²) in [6, 6.07) is 14.8. The number of fused-ring (bicyclic) bond motifs is 1. The van der Waals surface area contributed by atoms with Gasteiger partial charge in [0.15, 0.2) is 5.76 Å². The molecule has 0 saturated heterocycles. The van der Waals surface area contributed by atoms with Crippen LogP contribution >= 0.6 is 23.5 Å². The van der Waals surface area contributed by atoms with Crippen LogP contribution in [0.5, 0.6) is 0 Å². The van der Waals surface area contributed by atoms with Crippen molar-refractivity contribution in [2.45, 2.75) is 11.8 Å². The average molecular weight is 333 g/mol. The number of nitrogens with one attached hydrogen (secondary N) is 2. The second kappa shape index (κ2) is 6.44. The fraction of sp³-hybridized carbons (Fsp3) is 0.0625. The molecule has 3 aromatic rings. The van der Waals surface area contributed by atoms with E-state index in [0.29, 0.717) is 10.6 Å². The maximum absolute atomic E-state index is 12.0. The predicted octanol–water partition coefficient (Wildman–Crippen LogP) is 4.34. The number of hydrazine groups is 1. The van der Waals surface area contributed by atoms with Crippen molar-refractivity contribution in [3.8, 4) is 0 Å². The third-order valence-corrected chi connectivity index (χ3v) is 3.95. The van der Waals surface area contributed by atoms with Crippen molar-refractivity contribution in [1.29, 1.82) is 0 Å². The standard InChI is InChI=1S/C16H13ClN2O2S/c1-10-5-6-14-11(7-10)8-15(21-14)16(20)18-19-22-13-4-2-3-12(17)9-13/h2-9,19H,1H3,(H,18,20). The minimum atomic E-state index is -0.330. The maximum atomic E-state index is 12.0. The van der Waals surface area contributed by atoms with Crippen LogP contribution in [-0.2, 0) is 0 Å². The SMILES string of the molecule is Cc1ccc2oc(C(=O)NNSc3cccc(Cl)c3)cc2c1. The van der Waals surface area contributed by atoms with Crippen LogP contribution in [0.4, 0.5) is 0 Å². The van der Waals surface area contributed by atoms with Gasteiger partial charge in [-0.15, -0.1) is 0 Å². The first-order valence-corrected chi connectivity index (χ1v) is 7.79. The third-order valence-electron chi connectivity index (χ3n) is 3.03. The van der Waals surface area contributed by atoms with Crippen LogP contribution in [0.2, 0.25) is 5.02 Å². The first-order chi connectivity index (χ1) is 10.6. The molecule has 0 aliphatic carbocycles. The molecule has 3 rings (SSSR count). The number of furan rings is 1. The van der Waals surface area contributed by atoms with E-state index in [4.69, 9.17) is 16.0 Å². The summed E-state index contributed by atoms with van der Waals surface area (Å²) in [7, 11) is 0. The summed E-state index contributed by atoms with van der Waals surface area (Å²) in [4.78, 5) is 15.7. The first kappa shape index (κ1) is 15.0. The molecule has 1 amide bonds. The number of benzene rings is 2. The van der Waals surface area contributed by atoms with Gasteiger partial charge in [-0.05, 0) is 55.3 Å². The highest BCUT2D eigenvalue weighted by molar-refractivity contribution is 7.97. The van der Waals surface area contributed by atoms with Crippen LogP contribution in [-0.4, -0.2) is 5.91 Å². The Morgan fingerprint density at radius 1 is 1.18 bits per heavy atom. The van der Waals surface area contributed by atoms with Crippen LogP contribution in [0.15, 0.2) is 57.8 Å². The largest absolute Gasteiger partial charge is 0.451 e. The van der Waals surface area contributed by atoms with E-state index in [1.54, 1.807) is 18.2 Å². The molecule has 1 heterocycles. The fourth-order valence-electron chi connectivity index (χ4n) is 2.00. The number of carbonyl (C=O) groups is 1. The van der Waals surface area contributed by atoms with Crippen LogP contribution in [0.3, 0.4) is 0 Å². The lowest BCUT2D eigenvalue weighted by molar-refractivity contribution is 0.0921. The van der Waals surface area contributed by atoms with E-state index in [2.05, 4.69) is 10.3 Å². The van der Waals surface area contributed by atoms with Gasteiger partial charge in [0.05, 0.1) is 0 Å². The molecule has 1 aromatic heterocycles. The lowest BCUT2D eigenvalue weighted by Crippen LogP contribution is -2.32. The molecular formula is C16H13ClN2O2S. The van der Waals surface area contributed by atoms with E-state index in [-0.39, 0.29) is 11.7 Å². The molecule has 0 spiro atoms. The number of amides is 1. The van der Waals surface area contributed by atoms with E-state index < -0.39 is 0 Å². The molecule has 22 heavy (non-hydrogen) atoms. The molecule has 0 fully saturated rings. The highest BCUT2D eigenvalue weighted by Crippen LogP contribution is 2.21. The molecule has 112 valence electrons. The van der Waals surface area contributed by atoms with Gasteiger partial charge < -0.3 is 4.42 Å². The van der Waals surface area contributed by atoms with Gasteiger partial charge in [-0.25, -0.2) is 0 Å². The zero-order valence-electron chi connectivity index (χ0n) is 11.7. The van der Waals surface area contributed by atoms with E-state index >= 15 is 0 Å². The number of aryl methyl sites for hydroxylation is 1. The molecule has 0 bridgehead atoms. The van der Waals surface area contributed by atoms with Crippen molar-refractivity contribution < 1.29 is 9.21 Å². The van der Waals surface area contributed by atoms with Gasteiger partial charge in [0.2, 0.25) is 0 Å². The minimum Gasteiger partial charge on any atom is -0.451 e. The molecule has 0 radical (unpaired) electrons. The Balaban J connectivity index is 1.63. The predicted molar refractivity (Wildman–Crippen MR) is 88.9 cm³/mol. The van der Waals surface area contributed by atoms with Crippen molar-refractivity contribution in [3.63, 3.8) is 0 Å². The smallest absolute Gasteiger partial charge is 0.301 e. The van der Waals surface area contributed by atoms with Gasteiger partial charge in [-0.3, -0.25) is 10.2 Å². The summed E-state index contributed by atoms with van der Waals surface area (Å²) in [6.07, 6.45) is 0. The quantitative estimate of drug-likeness (QED) is 0.551. The van der Waals surface area contributed by atoms with Gasteiger partial charge >= 0.3 is 5.91 Å². The van der Waals surface area contributed by atoms with Gasteiger partial charge in [0.25, 0.3) is 0 Å². The lowest BCUT2D eigenvalue weighted by atomic mass is 10.2. The molecule has 0 saturated carbocycles. The average Bonchev–Trinajstić information content (AvgIpc) is 2.90. The topological polar surface area (TPSA) is 54.3 Å². The Morgan fingerprint density at radius 3 is 2.86 bits per heavy atom. The molecule has 0 aliphatic rings. The normalized spacial score (nSPS) is 10.8. The van der Waals surface area contributed by atoms with Crippen LogP contribution in [0.25, 0.3) is 11.0 Å². The summed E-state index contributed by atoms with van der Waals surface area (Å²) < 4.78 is 5.52. The molecule has 6 heteroatoms. The van der Waals surface area contributed by atoms with Gasteiger partial charge in [0, 0.05) is 15.3 Å². The fourth-order valence-corrected chi connectivity index (χ4v) is 2.85. The second-order valence-electron chi connectivity index (χ2n) is 4.77. The summed E-state index contributed by atoms with van der Waals surface area (Å²) in [5.74, 6) is -0.0665. The zero-order valence-corrected chi connectivity index (χ0v) is 13.3. The summed E-state index contributed by atoms with van der Waals surface area (Å²) in [5, 5.41) is 1.55. The van der Waals surface area contributed by atoms with E-state index in [1.807, 2.05) is 37.3 Å². The number of carbonyl (C=O) groups excluding carboxylic acids is 1. The molecular weight excluding hydrogens is 320 g/mol. The summed E-state index contributed by atoms with van der Waals surface area (Å²) in [6.45, 7) is 2.00. The molecule has 0 aliphatic heterocycles. The van der Waals surface area contributed by atoms with Crippen molar-refractivity contribution in [2.75, 3.05) is 0 Å². The zero-order chi connectivity index (χ0) is 15.5. The highest BCUT2D eigenvalue weighted by atomic mass is 35.5. The number of rotatable bonds is 4. The Hall–Kier alpha value is -1.95. The number of hydrogen-bond donors (Lipinski definition) is 2. The number of hydrogen-bond acceptors (Lipinski definition) is 4. The summed E-state index contributed by atoms with van der Waals surface area (Å²) >= 11 is 7.16. The van der Waals surface area contributed by atoms with E-state index in [1.165, 1.54) is 11.9 Å². The Kier molecular flexibility index (Phi) is 4.38. The first-order valence-electron chi connectivity index (χ1n) is 6.60. The Bertz CT molecular complexity index is 832. The van der Waals surface area contributed by atoms with Crippen molar-refractivity contribution >= 4 is 40.4 Å².